The highest BCUT2D eigenvalue weighted by Crippen LogP contribution is 2.61. The first-order valence-corrected chi connectivity index (χ1v) is 13.9. The Kier molecular flexibility index (Phi) is 5.99. The predicted octanol–water partition coefficient (Wildman–Crippen LogP) is 3.10. The van der Waals surface area contributed by atoms with Crippen molar-refractivity contribution in [1.29, 1.82) is 0 Å². The summed E-state index contributed by atoms with van der Waals surface area (Å²) >= 11 is 0. The number of benzene rings is 1. The van der Waals surface area contributed by atoms with Gasteiger partial charge in [-0.3, -0.25) is 14.5 Å². The van der Waals surface area contributed by atoms with Crippen molar-refractivity contribution < 1.29 is 14.6 Å². The number of nitrogens with zero attached hydrogens (tertiary/aromatic N) is 1. The molecular weight excluding hydrogens is 466 g/mol. The van der Waals surface area contributed by atoms with Gasteiger partial charge in [-0.1, -0.05) is 25.3 Å². The molecule has 2 aromatic rings. The molecule has 1 aromatic carbocycles. The van der Waals surface area contributed by atoms with Gasteiger partial charge in [-0.25, -0.2) is 0 Å². The van der Waals surface area contributed by atoms with Gasteiger partial charge in [0, 0.05) is 43.1 Å². The van der Waals surface area contributed by atoms with E-state index in [0.29, 0.717) is 31.2 Å². The highest BCUT2D eigenvalue weighted by molar-refractivity contribution is 5.94. The summed E-state index contributed by atoms with van der Waals surface area (Å²) in [5, 5.41) is 15.6. The number of hydrogen-bond acceptors (Lipinski definition) is 5. The van der Waals surface area contributed by atoms with Crippen molar-refractivity contribution in [2.45, 2.75) is 75.3 Å². The Morgan fingerprint density at radius 3 is 2.73 bits per heavy atom. The number of carbonyl (C=O) groups is 1. The Bertz CT molecular complexity index is 1280. The van der Waals surface area contributed by atoms with Gasteiger partial charge in [0.15, 0.2) is 0 Å². The van der Waals surface area contributed by atoms with Crippen LogP contribution in [0.25, 0.3) is 0 Å². The number of hydrogen-bond donors (Lipinski definition) is 3. The number of carbonyl (C=O) groups excluding carboxylic acids is 1. The Morgan fingerprint density at radius 1 is 1.22 bits per heavy atom. The van der Waals surface area contributed by atoms with Crippen LogP contribution in [0.5, 0.6) is 5.75 Å². The number of aliphatic hydroxyl groups is 1. The minimum absolute atomic E-state index is 0.0433. The van der Waals surface area contributed by atoms with E-state index in [-0.39, 0.29) is 23.1 Å². The van der Waals surface area contributed by atoms with Crippen LogP contribution in [-0.4, -0.2) is 59.8 Å². The van der Waals surface area contributed by atoms with Gasteiger partial charge in [-0.2, -0.15) is 0 Å². The molecule has 1 aliphatic heterocycles. The molecular formula is C30H39N3O4. The van der Waals surface area contributed by atoms with Crippen molar-refractivity contribution in [3.05, 3.63) is 62.6 Å². The van der Waals surface area contributed by atoms with E-state index in [1.54, 1.807) is 13.2 Å². The molecule has 1 unspecified atom stereocenters. The van der Waals surface area contributed by atoms with Crippen molar-refractivity contribution in [2.24, 2.45) is 11.8 Å². The van der Waals surface area contributed by atoms with E-state index in [0.717, 1.165) is 53.9 Å². The number of nitrogens with one attached hydrogen (secondary N) is 2. The first-order valence-electron chi connectivity index (χ1n) is 13.9. The minimum Gasteiger partial charge on any atom is -0.497 e. The maximum Gasteiger partial charge on any atom is 0.261 e. The van der Waals surface area contributed by atoms with Crippen LogP contribution in [0.3, 0.4) is 0 Å². The SMILES string of the molecule is COc1ccc(C)c([C@@]23Cc4[nH]c(=O)c(C(=O)NCC5CCCCC5)cc4C[C@@]2(O)[C@H]2C(CN2C)C3)c1. The first-order chi connectivity index (χ1) is 17.8. The van der Waals surface area contributed by atoms with E-state index in [1.165, 1.54) is 19.3 Å². The lowest BCUT2D eigenvalue weighted by molar-refractivity contribution is -0.108. The van der Waals surface area contributed by atoms with Crippen LogP contribution < -0.4 is 15.6 Å². The second-order valence-corrected chi connectivity index (χ2v) is 12.1. The van der Waals surface area contributed by atoms with E-state index in [2.05, 4.69) is 41.3 Å². The molecule has 1 amide bonds. The van der Waals surface area contributed by atoms with Crippen molar-refractivity contribution in [3.8, 4) is 5.75 Å². The van der Waals surface area contributed by atoms with Gasteiger partial charge in [0.25, 0.3) is 11.5 Å². The average molecular weight is 506 g/mol. The molecule has 0 radical (unpaired) electrons. The van der Waals surface area contributed by atoms with E-state index < -0.39 is 11.0 Å². The van der Waals surface area contributed by atoms with E-state index in [4.69, 9.17) is 4.74 Å². The molecule has 2 saturated carbocycles. The number of ether oxygens (including phenoxy) is 1. The third kappa shape index (κ3) is 3.76. The third-order valence-electron chi connectivity index (χ3n) is 10.0. The monoisotopic (exact) mass is 505 g/mol. The van der Waals surface area contributed by atoms with Crippen LogP contribution in [-0.2, 0) is 18.3 Å². The maximum atomic E-state index is 13.1. The molecule has 7 heteroatoms. The van der Waals surface area contributed by atoms with Crippen molar-refractivity contribution in [3.63, 3.8) is 0 Å². The van der Waals surface area contributed by atoms with Crippen LogP contribution in [0.2, 0.25) is 0 Å². The standard InChI is InChI=1S/C30H39N3O4/c1-18-9-10-22(37-3)12-24(18)29-13-21-17-33(2)26(21)30(29,36)14-20-11-23(28(35)32-25(20)15-29)27(34)31-16-19-7-5-4-6-8-19/h9-12,19,21,26,36H,4-8,13-17H2,1-3H3,(H,31,34)(H,32,35)/t21?,26-,29-,30-/m1/s1. The lowest BCUT2D eigenvalue weighted by Gasteiger charge is -2.53. The topological polar surface area (TPSA) is 94.7 Å². The van der Waals surface area contributed by atoms with Crippen LogP contribution in [0.15, 0.2) is 29.1 Å². The fourth-order valence-corrected chi connectivity index (χ4v) is 8.24. The maximum absolute atomic E-state index is 13.1. The Labute approximate surface area is 218 Å². The van der Waals surface area contributed by atoms with Crippen LogP contribution in [0, 0.1) is 18.8 Å². The molecule has 1 saturated heterocycles. The van der Waals surface area contributed by atoms with Gasteiger partial charge < -0.3 is 20.1 Å². The Balaban J connectivity index is 1.37. The highest BCUT2D eigenvalue weighted by Gasteiger charge is 2.70. The number of aromatic amines is 1. The molecule has 6 rings (SSSR count). The number of likely N-dealkylation sites (N-methyl/N-ethyl adjacent to an activating group) is 1. The quantitative estimate of drug-likeness (QED) is 0.581. The molecule has 4 atom stereocenters. The third-order valence-corrected chi connectivity index (χ3v) is 10.0. The van der Waals surface area contributed by atoms with Gasteiger partial charge in [0.05, 0.1) is 12.7 Å². The lowest BCUT2D eigenvalue weighted by atomic mass is 9.59. The fraction of sp³-hybridized carbons (Fsp3) is 0.600. The number of H-pyrrole nitrogens is 1. The molecule has 1 aromatic heterocycles. The summed E-state index contributed by atoms with van der Waals surface area (Å²) < 4.78 is 5.57. The minimum atomic E-state index is -1.01. The zero-order chi connectivity index (χ0) is 25.9. The zero-order valence-electron chi connectivity index (χ0n) is 22.2. The molecule has 3 N–H and O–H groups in total. The van der Waals surface area contributed by atoms with E-state index in [1.807, 2.05) is 6.07 Å². The molecule has 7 nitrogen and oxygen atoms in total. The summed E-state index contributed by atoms with van der Waals surface area (Å²) in [6.07, 6.45) is 7.76. The number of rotatable bonds is 5. The molecule has 0 spiro atoms. The number of amides is 1. The molecule has 198 valence electrons. The summed E-state index contributed by atoms with van der Waals surface area (Å²) in [6, 6.07) is 7.88. The van der Waals surface area contributed by atoms with Crippen LogP contribution in [0.1, 0.15) is 71.3 Å². The molecule has 3 fully saturated rings. The summed E-state index contributed by atoms with van der Waals surface area (Å²) in [4.78, 5) is 31.6. The summed E-state index contributed by atoms with van der Waals surface area (Å²) in [6.45, 7) is 3.66. The number of aryl methyl sites for hydroxylation is 1. The average Bonchev–Trinajstić information content (AvgIpc) is 3.08. The first kappa shape index (κ1) is 24.7. The normalized spacial score (nSPS) is 31.1. The number of pyridine rings is 1. The lowest BCUT2D eigenvalue weighted by Crippen LogP contribution is -2.67. The molecule has 2 heterocycles. The summed E-state index contributed by atoms with van der Waals surface area (Å²) in [5.41, 5.74) is 2.19. The van der Waals surface area contributed by atoms with Gasteiger partial charge in [0.2, 0.25) is 0 Å². The fourth-order valence-electron chi connectivity index (χ4n) is 8.24. The van der Waals surface area contributed by atoms with Crippen LogP contribution in [0.4, 0.5) is 0 Å². The van der Waals surface area contributed by atoms with Gasteiger partial charge in [-0.15, -0.1) is 0 Å². The van der Waals surface area contributed by atoms with E-state index in [9.17, 15) is 14.7 Å². The number of likely N-dealkylation sites (tertiary alicyclic amines) is 1. The van der Waals surface area contributed by atoms with Crippen LogP contribution >= 0.6 is 0 Å². The van der Waals surface area contributed by atoms with Crippen molar-refractivity contribution >= 4 is 5.91 Å². The van der Waals surface area contributed by atoms with Gasteiger partial charge >= 0.3 is 0 Å². The van der Waals surface area contributed by atoms with Gasteiger partial charge in [-0.05, 0) is 80.0 Å². The second kappa shape index (κ2) is 8.98. The van der Waals surface area contributed by atoms with E-state index >= 15 is 0 Å². The molecule has 37 heavy (non-hydrogen) atoms. The van der Waals surface area contributed by atoms with Gasteiger partial charge in [0.1, 0.15) is 11.3 Å². The largest absolute Gasteiger partial charge is 0.497 e. The Morgan fingerprint density at radius 2 is 2.00 bits per heavy atom. The molecule has 4 aliphatic rings. The molecule has 3 aliphatic carbocycles. The number of aromatic nitrogens is 1. The number of methoxy groups -OCH3 is 1. The summed E-state index contributed by atoms with van der Waals surface area (Å²) in [5.74, 6) is 1.34. The molecule has 0 bridgehead atoms. The van der Waals surface area contributed by atoms with Crippen molar-refractivity contribution in [2.75, 3.05) is 27.2 Å². The number of fused-ring (bicyclic) bond motifs is 4. The predicted molar refractivity (Wildman–Crippen MR) is 142 cm³/mol. The van der Waals surface area contributed by atoms with Crippen molar-refractivity contribution in [1.82, 2.24) is 15.2 Å². The second-order valence-electron chi connectivity index (χ2n) is 12.1. The summed E-state index contributed by atoms with van der Waals surface area (Å²) in [7, 11) is 3.75. The smallest absolute Gasteiger partial charge is 0.261 e. The Hall–Kier alpha value is -2.64. The highest BCUT2D eigenvalue weighted by atomic mass is 16.5. The zero-order valence-corrected chi connectivity index (χ0v) is 22.2.